The van der Waals surface area contributed by atoms with Crippen LogP contribution in [0, 0.1) is 0 Å². The van der Waals surface area contributed by atoms with Gasteiger partial charge in [0.2, 0.25) is 0 Å². The Kier molecular flexibility index (Phi) is 4.98. The number of carbonyl (C=O) groups excluding carboxylic acids is 2. The van der Waals surface area contributed by atoms with Crippen LogP contribution in [-0.2, 0) is 11.3 Å². The fourth-order valence-corrected chi connectivity index (χ4v) is 1.82. The topological polar surface area (TPSA) is 87.7 Å². The first-order valence-electron chi connectivity index (χ1n) is 6.60. The molecule has 6 heteroatoms. The van der Waals surface area contributed by atoms with Crippen molar-refractivity contribution in [3.05, 3.63) is 59.7 Å². The average Bonchev–Trinajstić information content (AvgIpc) is 2.54. The van der Waals surface area contributed by atoms with E-state index in [1.54, 1.807) is 42.5 Å². The molecule has 3 N–H and O–H groups in total. The number of hydrogen-bond donors (Lipinski definition) is 3. The first kappa shape index (κ1) is 15.4. The summed E-state index contributed by atoms with van der Waals surface area (Å²) in [6.07, 6.45) is -0.541. The second-order valence-corrected chi connectivity index (χ2v) is 4.51. The molecule has 0 radical (unpaired) electrons. The minimum Gasteiger partial charge on any atom is -0.507 e. The molecule has 2 aromatic carbocycles. The van der Waals surface area contributed by atoms with E-state index in [1.165, 1.54) is 13.2 Å². The fourth-order valence-electron chi connectivity index (χ4n) is 1.82. The van der Waals surface area contributed by atoms with E-state index in [1.807, 2.05) is 0 Å². The third kappa shape index (κ3) is 3.99. The van der Waals surface area contributed by atoms with Crippen LogP contribution in [0.5, 0.6) is 5.75 Å². The standard InChI is InChI=1S/C16H16N2O4/c1-22-16(21)18-12-8-6-11(7-9-12)10-17-15(20)13-4-2-3-5-14(13)19/h2-9,19H,10H2,1H3,(H,17,20)(H,18,21). The number of phenols is 1. The zero-order chi connectivity index (χ0) is 15.9. The Morgan fingerprint density at radius 3 is 2.41 bits per heavy atom. The molecule has 2 amide bonds. The van der Waals surface area contributed by atoms with Gasteiger partial charge in [0.25, 0.3) is 5.91 Å². The first-order chi connectivity index (χ1) is 10.6. The van der Waals surface area contributed by atoms with Gasteiger partial charge in [-0.1, -0.05) is 24.3 Å². The quantitative estimate of drug-likeness (QED) is 0.809. The van der Waals surface area contributed by atoms with Crippen molar-refractivity contribution in [1.29, 1.82) is 0 Å². The van der Waals surface area contributed by atoms with Gasteiger partial charge in [-0.05, 0) is 29.8 Å². The summed E-state index contributed by atoms with van der Waals surface area (Å²) in [4.78, 5) is 23.0. The molecule has 114 valence electrons. The Hall–Kier alpha value is -3.02. The molecule has 6 nitrogen and oxygen atoms in total. The molecule has 2 aromatic rings. The summed E-state index contributed by atoms with van der Waals surface area (Å²) in [5.41, 5.74) is 1.69. The molecule has 0 aliphatic rings. The highest BCUT2D eigenvalue weighted by Gasteiger charge is 2.09. The largest absolute Gasteiger partial charge is 0.507 e. The summed E-state index contributed by atoms with van der Waals surface area (Å²) in [6, 6.07) is 13.3. The number of nitrogens with one attached hydrogen (secondary N) is 2. The lowest BCUT2D eigenvalue weighted by molar-refractivity contribution is 0.0948. The molecular formula is C16H16N2O4. The van der Waals surface area contributed by atoms with E-state index < -0.39 is 6.09 Å². The lowest BCUT2D eigenvalue weighted by atomic mass is 10.1. The molecule has 0 aliphatic carbocycles. The molecule has 22 heavy (non-hydrogen) atoms. The van der Waals surface area contributed by atoms with Crippen molar-refractivity contribution >= 4 is 17.7 Å². The number of carbonyl (C=O) groups is 2. The smallest absolute Gasteiger partial charge is 0.411 e. The number of aromatic hydroxyl groups is 1. The Bertz CT molecular complexity index is 668. The van der Waals surface area contributed by atoms with Crippen molar-refractivity contribution in [1.82, 2.24) is 5.32 Å². The van der Waals surface area contributed by atoms with E-state index in [4.69, 9.17) is 0 Å². The number of para-hydroxylation sites is 1. The van der Waals surface area contributed by atoms with Crippen LogP contribution in [0.15, 0.2) is 48.5 Å². The van der Waals surface area contributed by atoms with Gasteiger partial charge in [-0.15, -0.1) is 0 Å². The second-order valence-electron chi connectivity index (χ2n) is 4.51. The summed E-state index contributed by atoms with van der Waals surface area (Å²) in [5, 5.41) is 14.9. The molecule has 0 atom stereocenters. The molecular weight excluding hydrogens is 284 g/mol. The number of ether oxygens (including phenoxy) is 1. The third-order valence-electron chi connectivity index (χ3n) is 2.99. The molecule has 2 rings (SSSR count). The number of hydrogen-bond acceptors (Lipinski definition) is 4. The van der Waals surface area contributed by atoms with Gasteiger partial charge >= 0.3 is 6.09 Å². The second kappa shape index (κ2) is 7.12. The Labute approximate surface area is 127 Å². The van der Waals surface area contributed by atoms with Crippen LogP contribution >= 0.6 is 0 Å². The van der Waals surface area contributed by atoms with E-state index in [9.17, 15) is 14.7 Å². The minimum absolute atomic E-state index is 0.0578. The lowest BCUT2D eigenvalue weighted by Gasteiger charge is -2.08. The summed E-state index contributed by atoms with van der Waals surface area (Å²) >= 11 is 0. The molecule has 0 heterocycles. The van der Waals surface area contributed by atoms with E-state index in [2.05, 4.69) is 15.4 Å². The highest BCUT2D eigenvalue weighted by molar-refractivity contribution is 5.96. The molecule has 0 unspecified atom stereocenters. The van der Waals surface area contributed by atoms with E-state index in [0.29, 0.717) is 12.2 Å². The van der Waals surface area contributed by atoms with Crippen molar-refractivity contribution < 1.29 is 19.4 Å². The van der Waals surface area contributed by atoms with Crippen LogP contribution in [0.4, 0.5) is 10.5 Å². The molecule has 0 aliphatic heterocycles. The van der Waals surface area contributed by atoms with E-state index >= 15 is 0 Å². The molecule has 0 bridgehead atoms. The van der Waals surface area contributed by atoms with E-state index in [0.717, 1.165) is 5.56 Å². The Morgan fingerprint density at radius 2 is 1.77 bits per heavy atom. The minimum atomic E-state index is -0.541. The van der Waals surface area contributed by atoms with Gasteiger partial charge in [-0.3, -0.25) is 10.1 Å². The predicted molar refractivity (Wildman–Crippen MR) is 81.7 cm³/mol. The Balaban J connectivity index is 1.93. The maximum absolute atomic E-state index is 11.9. The van der Waals surface area contributed by atoms with Gasteiger partial charge in [0, 0.05) is 12.2 Å². The van der Waals surface area contributed by atoms with Crippen LogP contribution in [-0.4, -0.2) is 24.2 Å². The van der Waals surface area contributed by atoms with Crippen LogP contribution in [0.1, 0.15) is 15.9 Å². The van der Waals surface area contributed by atoms with Gasteiger partial charge in [0.1, 0.15) is 5.75 Å². The van der Waals surface area contributed by atoms with Crippen molar-refractivity contribution in [2.24, 2.45) is 0 Å². The average molecular weight is 300 g/mol. The van der Waals surface area contributed by atoms with Crippen LogP contribution in [0.3, 0.4) is 0 Å². The number of phenolic OH excluding ortho intramolecular Hbond substituents is 1. The monoisotopic (exact) mass is 300 g/mol. The number of anilines is 1. The van der Waals surface area contributed by atoms with Crippen LogP contribution in [0.2, 0.25) is 0 Å². The summed E-state index contributed by atoms with van der Waals surface area (Å²) in [5.74, 6) is -0.410. The first-order valence-corrected chi connectivity index (χ1v) is 6.60. The van der Waals surface area contributed by atoms with Gasteiger partial charge in [0.15, 0.2) is 0 Å². The van der Waals surface area contributed by atoms with Crippen molar-refractivity contribution in [3.63, 3.8) is 0 Å². The van der Waals surface area contributed by atoms with Crippen molar-refractivity contribution in [2.75, 3.05) is 12.4 Å². The van der Waals surface area contributed by atoms with E-state index in [-0.39, 0.29) is 17.2 Å². The molecule has 0 fully saturated rings. The maximum Gasteiger partial charge on any atom is 0.411 e. The Morgan fingerprint density at radius 1 is 1.09 bits per heavy atom. The number of methoxy groups -OCH3 is 1. The lowest BCUT2D eigenvalue weighted by Crippen LogP contribution is -2.22. The van der Waals surface area contributed by atoms with Gasteiger partial charge < -0.3 is 15.2 Å². The van der Waals surface area contributed by atoms with Gasteiger partial charge in [-0.25, -0.2) is 4.79 Å². The van der Waals surface area contributed by atoms with Crippen LogP contribution < -0.4 is 10.6 Å². The highest BCUT2D eigenvalue weighted by Crippen LogP contribution is 2.15. The summed E-state index contributed by atoms with van der Waals surface area (Å²) in [6.45, 7) is 0.311. The summed E-state index contributed by atoms with van der Waals surface area (Å²) in [7, 11) is 1.29. The van der Waals surface area contributed by atoms with Crippen molar-refractivity contribution in [3.8, 4) is 5.75 Å². The highest BCUT2D eigenvalue weighted by atomic mass is 16.5. The predicted octanol–water partition coefficient (Wildman–Crippen LogP) is 2.50. The normalized spacial score (nSPS) is 9.86. The van der Waals surface area contributed by atoms with Gasteiger partial charge in [-0.2, -0.15) is 0 Å². The van der Waals surface area contributed by atoms with Gasteiger partial charge in [0.05, 0.1) is 12.7 Å². The number of amides is 2. The fraction of sp³-hybridized carbons (Fsp3) is 0.125. The maximum atomic E-state index is 11.9. The molecule has 0 aromatic heterocycles. The number of rotatable bonds is 4. The van der Waals surface area contributed by atoms with Crippen LogP contribution in [0.25, 0.3) is 0 Å². The zero-order valence-electron chi connectivity index (χ0n) is 12.0. The summed E-state index contributed by atoms with van der Waals surface area (Å²) < 4.78 is 4.49. The molecule has 0 saturated heterocycles. The SMILES string of the molecule is COC(=O)Nc1ccc(CNC(=O)c2ccccc2O)cc1. The molecule has 0 spiro atoms. The molecule has 0 saturated carbocycles. The van der Waals surface area contributed by atoms with Crippen molar-refractivity contribution in [2.45, 2.75) is 6.54 Å². The number of benzene rings is 2. The zero-order valence-corrected chi connectivity index (χ0v) is 12.0. The third-order valence-corrected chi connectivity index (χ3v) is 2.99.